The highest BCUT2D eigenvalue weighted by molar-refractivity contribution is 5.99. The minimum atomic E-state index is -0.446. The number of nitro groups is 1. The van der Waals surface area contributed by atoms with E-state index in [1.807, 2.05) is 0 Å². The monoisotopic (exact) mass is 319 g/mol. The molecule has 23 heavy (non-hydrogen) atoms. The van der Waals surface area contributed by atoms with E-state index in [1.165, 1.54) is 12.1 Å². The number of benzene rings is 1. The van der Waals surface area contributed by atoms with Gasteiger partial charge in [0.1, 0.15) is 0 Å². The second-order valence-corrected chi connectivity index (χ2v) is 6.26. The van der Waals surface area contributed by atoms with E-state index < -0.39 is 4.92 Å². The molecule has 0 spiro atoms. The van der Waals surface area contributed by atoms with Crippen molar-refractivity contribution < 1.29 is 14.8 Å². The molecule has 0 radical (unpaired) electrons. The summed E-state index contributed by atoms with van der Waals surface area (Å²) < 4.78 is 0. The smallest absolute Gasteiger partial charge is 0.271 e. The van der Waals surface area contributed by atoms with Gasteiger partial charge in [-0.2, -0.15) is 0 Å². The summed E-state index contributed by atoms with van der Waals surface area (Å²) in [5.74, 6) is 0.243. The second kappa shape index (κ2) is 6.64. The molecule has 1 N–H and O–H groups in total. The normalized spacial score (nSPS) is 25.8. The van der Waals surface area contributed by atoms with Gasteiger partial charge in [0, 0.05) is 31.8 Å². The first-order chi connectivity index (χ1) is 11.1. The molecule has 2 atom stereocenters. The van der Waals surface area contributed by atoms with Crippen LogP contribution in [0.15, 0.2) is 24.3 Å². The topological polar surface area (TPSA) is 86.9 Å². The Labute approximate surface area is 134 Å². The van der Waals surface area contributed by atoms with E-state index in [1.54, 1.807) is 17.0 Å². The van der Waals surface area contributed by atoms with Crippen LogP contribution in [0.25, 0.3) is 0 Å². The largest absolute Gasteiger partial charge is 0.396 e. The number of non-ortho nitro benzene ring substituents is 1. The van der Waals surface area contributed by atoms with Gasteiger partial charge in [0.05, 0.1) is 16.7 Å². The minimum Gasteiger partial charge on any atom is -0.396 e. The maximum absolute atomic E-state index is 12.7. The van der Waals surface area contributed by atoms with E-state index in [0.29, 0.717) is 12.2 Å². The summed E-state index contributed by atoms with van der Waals surface area (Å²) >= 11 is 0. The number of aliphatic hydroxyl groups is 1. The molecule has 2 aliphatic heterocycles. The lowest BCUT2D eigenvalue weighted by molar-refractivity contribution is -0.384. The van der Waals surface area contributed by atoms with E-state index >= 15 is 0 Å². The third-order valence-electron chi connectivity index (χ3n) is 4.78. The molecule has 0 saturated carbocycles. The number of carbonyl (C=O) groups is 1. The molecule has 2 saturated heterocycles. The van der Waals surface area contributed by atoms with Crippen molar-refractivity contribution in [2.45, 2.75) is 25.3 Å². The number of hydrogen-bond donors (Lipinski definition) is 1. The van der Waals surface area contributed by atoms with Gasteiger partial charge in [-0.05, 0) is 37.8 Å². The molecule has 7 nitrogen and oxygen atoms in total. The van der Waals surface area contributed by atoms with Gasteiger partial charge in [0.25, 0.3) is 5.69 Å². The number of anilines is 1. The molecule has 2 fully saturated rings. The van der Waals surface area contributed by atoms with Crippen LogP contribution in [0.1, 0.15) is 19.3 Å². The van der Waals surface area contributed by atoms with Crippen LogP contribution in [0.5, 0.6) is 0 Å². The zero-order chi connectivity index (χ0) is 16.4. The maximum atomic E-state index is 12.7. The average molecular weight is 319 g/mol. The Morgan fingerprint density at radius 3 is 2.87 bits per heavy atom. The molecule has 3 rings (SSSR count). The zero-order valence-electron chi connectivity index (χ0n) is 12.9. The van der Waals surface area contributed by atoms with Crippen LogP contribution in [0.3, 0.4) is 0 Å². The fraction of sp³-hybridized carbons (Fsp3) is 0.562. The number of hydrogen-bond acceptors (Lipinski definition) is 5. The maximum Gasteiger partial charge on any atom is 0.271 e. The summed E-state index contributed by atoms with van der Waals surface area (Å²) in [6.07, 6.45) is 2.72. The lowest BCUT2D eigenvalue weighted by Gasteiger charge is -2.35. The van der Waals surface area contributed by atoms with Crippen LogP contribution in [0.2, 0.25) is 0 Å². The number of rotatable bonds is 4. The standard InChI is InChI=1S/C16H21N3O4/c20-11-12-3-2-7-17(10-12)15-6-8-18(16(15)21)13-4-1-5-14(9-13)19(22)23/h1,4-5,9,12,15,20H,2-3,6-8,10-11H2. The Hall–Kier alpha value is -1.99. The quantitative estimate of drug-likeness (QED) is 0.669. The number of aliphatic hydroxyl groups excluding tert-OH is 1. The number of piperidine rings is 1. The van der Waals surface area contributed by atoms with Gasteiger partial charge >= 0.3 is 0 Å². The Kier molecular flexibility index (Phi) is 4.58. The van der Waals surface area contributed by atoms with Crippen LogP contribution >= 0.6 is 0 Å². The third-order valence-corrected chi connectivity index (χ3v) is 4.78. The molecule has 1 aromatic carbocycles. The molecule has 2 aliphatic rings. The predicted octanol–water partition coefficient (Wildman–Crippen LogP) is 1.40. The van der Waals surface area contributed by atoms with Crippen LogP contribution in [0.4, 0.5) is 11.4 Å². The third kappa shape index (κ3) is 3.20. The van der Waals surface area contributed by atoms with Gasteiger partial charge in [-0.25, -0.2) is 0 Å². The molecule has 2 unspecified atom stereocenters. The van der Waals surface area contributed by atoms with Crippen molar-refractivity contribution in [3.63, 3.8) is 0 Å². The highest BCUT2D eigenvalue weighted by Crippen LogP contribution is 2.29. The Morgan fingerprint density at radius 1 is 1.30 bits per heavy atom. The molecular weight excluding hydrogens is 298 g/mol. The van der Waals surface area contributed by atoms with E-state index in [2.05, 4.69) is 4.90 Å². The van der Waals surface area contributed by atoms with Gasteiger partial charge < -0.3 is 10.0 Å². The van der Waals surface area contributed by atoms with Crippen molar-refractivity contribution in [3.05, 3.63) is 34.4 Å². The Balaban J connectivity index is 1.74. The van der Waals surface area contributed by atoms with Gasteiger partial charge in [-0.15, -0.1) is 0 Å². The molecule has 0 aromatic heterocycles. The SMILES string of the molecule is O=C1C(N2CCCC(CO)C2)CCN1c1cccc([N+](=O)[O-])c1. The van der Waals surface area contributed by atoms with Crippen LogP contribution < -0.4 is 4.90 Å². The van der Waals surface area contributed by atoms with E-state index in [9.17, 15) is 20.0 Å². The minimum absolute atomic E-state index is 0.00272. The van der Waals surface area contributed by atoms with Gasteiger partial charge in [-0.3, -0.25) is 19.8 Å². The number of nitro benzene ring substituents is 1. The number of nitrogens with zero attached hydrogens (tertiary/aromatic N) is 3. The van der Waals surface area contributed by atoms with E-state index in [4.69, 9.17) is 0 Å². The molecule has 7 heteroatoms. The van der Waals surface area contributed by atoms with Crippen molar-refractivity contribution in [1.29, 1.82) is 0 Å². The van der Waals surface area contributed by atoms with Crippen LogP contribution in [0, 0.1) is 16.0 Å². The fourth-order valence-electron chi connectivity index (χ4n) is 3.56. The molecule has 0 aliphatic carbocycles. The van der Waals surface area contributed by atoms with Crippen molar-refractivity contribution in [3.8, 4) is 0 Å². The Morgan fingerprint density at radius 2 is 2.13 bits per heavy atom. The van der Waals surface area contributed by atoms with Crippen LogP contribution in [-0.2, 0) is 4.79 Å². The summed E-state index contributed by atoms with van der Waals surface area (Å²) in [5, 5.41) is 20.2. The van der Waals surface area contributed by atoms with Crippen molar-refractivity contribution in [2.75, 3.05) is 31.1 Å². The average Bonchev–Trinajstić information content (AvgIpc) is 2.96. The van der Waals surface area contributed by atoms with Crippen molar-refractivity contribution in [2.24, 2.45) is 5.92 Å². The number of likely N-dealkylation sites (tertiary alicyclic amines) is 1. The molecule has 2 heterocycles. The summed E-state index contributed by atoms with van der Waals surface area (Å²) in [7, 11) is 0. The summed E-state index contributed by atoms with van der Waals surface area (Å²) in [4.78, 5) is 27.0. The molecular formula is C16H21N3O4. The first kappa shape index (κ1) is 15.9. The van der Waals surface area contributed by atoms with Gasteiger partial charge in [0.2, 0.25) is 5.91 Å². The predicted molar refractivity (Wildman–Crippen MR) is 85.2 cm³/mol. The lowest BCUT2D eigenvalue weighted by Crippen LogP contribution is -2.47. The summed E-state index contributed by atoms with van der Waals surface area (Å²) in [6.45, 7) is 2.35. The molecule has 124 valence electrons. The van der Waals surface area contributed by atoms with E-state index in [0.717, 1.165) is 32.4 Å². The first-order valence-corrected chi connectivity index (χ1v) is 8.01. The summed E-state index contributed by atoms with van der Waals surface area (Å²) in [5.41, 5.74) is 0.583. The first-order valence-electron chi connectivity index (χ1n) is 8.01. The molecule has 0 bridgehead atoms. The van der Waals surface area contributed by atoms with Crippen molar-refractivity contribution in [1.82, 2.24) is 4.90 Å². The molecule has 1 aromatic rings. The highest BCUT2D eigenvalue weighted by Gasteiger charge is 2.38. The van der Waals surface area contributed by atoms with Crippen LogP contribution in [-0.4, -0.2) is 53.1 Å². The van der Waals surface area contributed by atoms with Gasteiger partial charge in [-0.1, -0.05) is 6.07 Å². The van der Waals surface area contributed by atoms with E-state index in [-0.39, 0.29) is 30.2 Å². The Bertz CT molecular complexity index is 607. The number of amides is 1. The highest BCUT2D eigenvalue weighted by atomic mass is 16.6. The van der Waals surface area contributed by atoms with Crippen molar-refractivity contribution >= 4 is 17.3 Å². The summed E-state index contributed by atoms with van der Waals surface area (Å²) in [6, 6.07) is 6.05. The number of carbonyl (C=O) groups excluding carboxylic acids is 1. The zero-order valence-corrected chi connectivity index (χ0v) is 12.9. The lowest BCUT2D eigenvalue weighted by atomic mass is 9.97. The second-order valence-electron chi connectivity index (χ2n) is 6.26. The fourth-order valence-corrected chi connectivity index (χ4v) is 3.56. The molecule has 1 amide bonds. The van der Waals surface area contributed by atoms with Gasteiger partial charge in [0.15, 0.2) is 0 Å².